The molecule has 0 N–H and O–H groups in total. The number of rotatable bonds is 9. The van der Waals surface area contributed by atoms with Gasteiger partial charge in [-0.15, -0.1) is 0 Å². The molecule has 4 rings (SSSR count). The molecule has 1 aliphatic heterocycles. The van der Waals surface area contributed by atoms with Crippen molar-refractivity contribution in [1.29, 1.82) is 0 Å². The van der Waals surface area contributed by atoms with E-state index in [9.17, 15) is 10.1 Å². The Balaban J connectivity index is 1.58. The molecule has 1 aliphatic rings. The van der Waals surface area contributed by atoms with Gasteiger partial charge in [-0.3, -0.25) is 20.0 Å². The SMILES string of the molecule is COc1cc2c(Oc3ccc([N+](=O)[O-])c(OC)c3)ccnc2cc1OCCN1CCCC1. The molecule has 0 atom stereocenters. The summed E-state index contributed by atoms with van der Waals surface area (Å²) in [4.78, 5) is 17.4. The van der Waals surface area contributed by atoms with Gasteiger partial charge in [-0.05, 0) is 44.1 Å². The van der Waals surface area contributed by atoms with Gasteiger partial charge in [0.15, 0.2) is 11.5 Å². The van der Waals surface area contributed by atoms with Gasteiger partial charge in [0.05, 0.1) is 24.7 Å². The van der Waals surface area contributed by atoms with Crippen molar-refractivity contribution in [1.82, 2.24) is 9.88 Å². The van der Waals surface area contributed by atoms with Gasteiger partial charge in [0.1, 0.15) is 18.1 Å². The lowest BCUT2D eigenvalue weighted by molar-refractivity contribution is -0.385. The number of ether oxygens (including phenoxy) is 4. The largest absolute Gasteiger partial charge is 0.493 e. The van der Waals surface area contributed by atoms with Crippen LogP contribution in [0.25, 0.3) is 10.9 Å². The zero-order valence-corrected chi connectivity index (χ0v) is 18.1. The second-order valence-corrected chi connectivity index (χ2v) is 7.42. The third-order valence-corrected chi connectivity index (χ3v) is 5.43. The summed E-state index contributed by atoms with van der Waals surface area (Å²) in [5.41, 5.74) is 0.560. The average Bonchev–Trinajstić information content (AvgIpc) is 3.32. The summed E-state index contributed by atoms with van der Waals surface area (Å²) in [5, 5.41) is 11.9. The first kappa shape index (κ1) is 21.6. The van der Waals surface area contributed by atoms with Gasteiger partial charge in [-0.1, -0.05) is 0 Å². The Labute approximate surface area is 185 Å². The van der Waals surface area contributed by atoms with Crippen LogP contribution in [0, 0.1) is 10.1 Å². The molecule has 3 aromatic rings. The van der Waals surface area contributed by atoms with E-state index < -0.39 is 4.92 Å². The van der Waals surface area contributed by atoms with Crippen molar-refractivity contribution in [3.8, 4) is 28.7 Å². The van der Waals surface area contributed by atoms with E-state index in [1.807, 2.05) is 12.1 Å². The summed E-state index contributed by atoms with van der Waals surface area (Å²) in [6.07, 6.45) is 4.13. The Morgan fingerprint density at radius 1 is 1.00 bits per heavy atom. The van der Waals surface area contributed by atoms with Crippen molar-refractivity contribution in [3.63, 3.8) is 0 Å². The fraction of sp³-hybridized carbons (Fsp3) is 0.348. The first-order chi connectivity index (χ1) is 15.6. The Morgan fingerprint density at radius 2 is 1.78 bits per heavy atom. The summed E-state index contributed by atoms with van der Waals surface area (Å²) in [6.45, 7) is 3.68. The first-order valence-corrected chi connectivity index (χ1v) is 10.4. The van der Waals surface area contributed by atoms with Crippen molar-refractivity contribution in [2.45, 2.75) is 12.8 Å². The van der Waals surface area contributed by atoms with E-state index in [0.717, 1.165) is 25.0 Å². The molecular formula is C23H25N3O6. The fourth-order valence-electron chi connectivity index (χ4n) is 3.78. The number of benzene rings is 2. The highest BCUT2D eigenvalue weighted by Gasteiger charge is 2.17. The van der Waals surface area contributed by atoms with Crippen LogP contribution < -0.4 is 18.9 Å². The minimum Gasteiger partial charge on any atom is -0.493 e. The van der Waals surface area contributed by atoms with E-state index in [4.69, 9.17) is 18.9 Å². The van der Waals surface area contributed by atoms with Gasteiger partial charge in [0.25, 0.3) is 0 Å². The minimum absolute atomic E-state index is 0.122. The number of fused-ring (bicyclic) bond motifs is 1. The van der Waals surface area contributed by atoms with Gasteiger partial charge < -0.3 is 18.9 Å². The topological polar surface area (TPSA) is 96.2 Å². The van der Waals surface area contributed by atoms with Gasteiger partial charge in [0, 0.05) is 36.3 Å². The van der Waals surface area contributed by atoms with Crippen LogP contribution in [0.4, 0.5) is 5.69 Å². The predicted octanol–water partition coefficient (Wildman–Crippen LogP) is 4.43. The number of nitro groups is 1. The van der Waals surface area contributed by atoms with Gasteiger partial charge in [-0.2, -0.15) is 0 Å². The fourth-order valence-corrected chi connectivity index (χ4v) is 3.78. The van der Waals surface area contributed by atoms with Crippen LogP contribution in [0.1, 0.15) is 12.8 Å². The second-order valence-electron chi connectivity index (χ2n) is 7.42. The minimum atomic E-state index is -0.499. The maximum Gasteiger partial charge on any atom is 0.311 e. The van der Waals surface area contributed by atoms with Crippen molar-refractivity contribution < 1.29 is 23.9 Å². The van der Waals surface area contributed by atoms with Crippen LogP contribution in [0.2, 0.25) is 0 Å². The summed E-state index contributed by atoms with van der Waals surface area (Å²) >= 11 is 0. The quantitative estimate of drug-likeness (QED) is 0.357. The van der Waals surface area contributed by atoms with Crippen LogP contribution in [0.15, 0.2) is 42.6 Å². The molecule has 0 aliphatic carbocycles. The van der Waals surface area contributed by atoms with Crippen LogP contribution in [-0.2, 0) is 0 Å². The molecule has 0 saturated carbocycles. The highest BCUT2D eigenvalue weighted by Crippen LogP contribution is 2.38. The van der Waals surface area contributed by atoms with Crippen molar-refractivity contribution in [3.05, 3.63) is 52.7 Å². The lowest BCUT2D eigenvalue weighted by Crippen LogP contribution is -2.25. The molecule has 9 nitrogen and oxygen atoms in total. The molecule has 1 fully saturated rings. The maximum atomic E-state index is 11.1. The van der Waals surface area contributed by atoms with Gasteiger partial charge in [0.2, 0.25) is 5.75 Å². The number of hydrogen-bond acceptors (Lipinski definition) is 8. The molecule has 1 saturated heterocycles. The molecule has 32 heavy (non-hydrogen) atoms. The van der Waals surface area contributed by atoms with Crippen LogP contribution in [0.5, 0.6) is 28.7 Å². The monoisotopic (exact) mass is 439 g/mol. The zero-order chi connectivity index (χ0) is 22.5. The Morgan fingerprint density at radius 3 is 2.50 bits per heavy atom. The predicted molar refractivity (Wildman–Crippen MR) is 119 cm³/mol. The smallest absolute Gasteiger partial charge is 0.311 e. The van der Waals surface area contributed by atoms with E-state index in [1.54, 1.807) is 19.4 Å². The number of nitrogens with zero attached hydrogens (tertiary/aromatic N) is 3. The van der Waals surface area contributed by atoms with E-state index in [0.29, 0.717) is 35.1 Å². The van der Waals surface area contributed by atoms with Crippen molar-refractivity contribution in [2.24, 2.45) is 0 Å². The Bertz CT molecular complexity index is 1110. The number of hydrogen-bond donors (Lipinski definition) is 0. The average molecular weight is 439 g/mol. The maximum absolute atomic E-state index is 11.1. The molecule has 0 amide bonds. The van der Waals surface area contributed by atoms with Crippen LogP contribution in [-0.4, -0.2) is 55.3 Å². The number of nitro benzene ring substituents is 1. The lowest BCUT2D eigenvalue weighted by Gasteiger charge is -2.17. The molecule has 0 unspecified atom stereocenters. The van der Waals surface area contributed by atoms with Crippen molar-refractivity contribution in [2.75, 3.05) is 40.5 Å². The Kier molecular flexibility index (Phi) is 6.55. The summed E-state index contributed by atoms with van der Waals surface area (Å²) < 4.78 is 22.7. The summed E-state index contributed by atoms with van der Waals surface area (Å²) in [6, 6.07) is 9.75. The molecule has 0 spiro atoms. The molecule has 0 bridgehead atoms. The zero-order valence-electron chi connectivity index (χ0n) is 18.1. The first-order valence-electron chi connectivity index (χ1n) is 10.4. The third-order valence-electron chi connectivity index (χ3n) is 5.43. The molecule has 1 aromatic heterocycles. The van der Waals surface area contributed by atoms with E-state index >= 15 is 0 Å². The lowest BCUT2D eigenvalue weighted by atomic mass is 10.1. The van der Waals surface area contributed by atoms with Gasteiger partial charge in [-0.25, -0.2) is 0 Å². The number of pyridine rings is 1. The Hall–Kier alpha value is -3.59. The standard InChI is InChI=1S/C23H25N3O6/c1-29-21-13-16(5-6-19(21)26(27)28)32-20-7-8-24-18-15-23(22(30-2)14-17(18)20)31-12-11-25-9-3-4-10-25/h5-8,13-15H,3-4,9-12H2,1-2H3. The third kappa shape index (κ3) is 4.67. The molecule has 168 valence electrons. The van der Waals surface area contributed by atoms with E-state index in [2.05, 4.69) is 9.88 Å². The van der Waals surface area contributed by atoms with Crippen LogP contribution in [0.3, 0.4) is 0 Å². The van der Waals surface area contributed by atoms with E-state index in [1.165, 1.54) is 38.2 Å². The highest BCUT2D eigenvalue weighted by atomic mass is 16.6. The van der Waals surface area contributed by atoms with Crippen LogP contribution >= 0.6 is 0 Å². The molecule has 0 radical (unpaired) electrons. The molecule has 9 heteroatoms. The van der Waals surface area contributed by atoms with Crippen molar-refractivity contribution >= 4 is 16.6 Å². The number of likely N-dealkylation sites (tertiary alicyclic amines) is 1. The normalized spacial score (nSPS) is 13.8. The number of aromatic nitrogens is 1. The highest BCUT2D eigenvalue weighted by molar-refractivity contribution is 5.88. The molecule has 2 heterocycles. The molecule has 2 aromatic carbocycles. The van der Waals surface area contributed by atoms with Gasteiger partial charge >= 0.3 is 5.69 Å². The van der Waals surface area contributed by atoms with E-state index in [-0.39, 0.29) is 11.4 Å². The molecular weight excluding hydrogens is 414 g/mol. The number of methoxy groups -OCH3 is 2. The summed E-state index contributed by atoms with van der Waals surface area (Å²) in [5.74, 6) is 2.27. The summed E-state index contributed by atoms with van der Waals surface area (Å²) in [7, 11) is 2.97. The second kappa shape index (κ2) is 9.69.